The number of benzene rings is 1. The first-order valence-corrected chi connectivity index (χ1v) is 7.19. The van der Waals surface area contributed by atoms with Crippen LogP contribution in [0.25, 0.3) is 0 Å². The van der Waals surface area contributed by atoms with E-state index in [1.54, 1.807) is 0 Å². The Kier molecular flexibility index (Phi) is 3.16. The van der Waals surface area contributed by atoms with Crippen molar-refractivity contribution in [3.8, 4) is 0 Å². The van der Waals surface area contributed by atoms with E-state index in [2.05, 4.69) is 41.1 Å². The van der Waals surface area contributed by atoms with Gasteiger partial charge >= 0.3 is 0 Å². The SMILES string of the molecule is Cc1cc(N2c3ccccc3CC2C)c(C(=N)N)c(C)n1. The van der Waals surface area contributed by atoms with Crippen LogP contribution in [0.2, 0.25) is 0 Å². The van der Waals surface area contributed by atoms with Crippen molar-refractivity contribution in [2.75, 3.05) is 4.90 Å². The molecule has 1 aromatic heterocycles. The summed E-state index contributed by atoms with van der Waals surface area (Å²) in [4.78, 5) is 6.75. The van der Waals surface area contributed by atoms with Crippen LogP contribution < -0.4 is 10.6 Å². The minimum absolute atomic E-state index is 0.0755. The lowest BCUT2D eigenvalue weighted by Crippen LogP contribution is -2.28. The molecule has 4 nitrogen and oxygen atoms in total. The van der Waals surface area contributed by atoms with E-state index in [9.17, 15) is 0 Å². The van der Waals surface area contributed by atoms with E-state index in [4.69, 9.17) is 11.1 Å². The molecule has 3 rings (SSSR count). The highest BCUT2D eigenvalue weighted by Gasteiger charge is 2.29. The second-order valence-electron chi connectivity index (χ2n) is 5.71. The lowest BCUT2D eigenvalue weighted by atomic mass is 10.1. The van der Waals surface area contributed by atoms with Crippen molar-refractivity contribution in [2.45, 2.75) is 33.2 Å². The lowest BCUT2D eigenvalue weighted by Gasteiger charge is -2.28. The molecule has 1 unspecified atom stereocenters. The Balaban J connectivity index is 2.23. The number of rotatable bonds is 2. The molecule has 1 atom stereocenters. The number of hydrogen-bond acceptors (Lipinski definition) is 3. The highest BCUT2D eigenvalue weighted by atomic mass is 15.2. The van der Waals surface area contributed by atoms with Gasteiger partial charge in [-0.3, -0.25) is 10.4 Å². The number of aromatic nitrogens is 1. The first-order chi connectivity index (χ1) is 9.99. The van der Waals surface area contributed by atoms with Gasteiger partial charge in [0.25, 0.3) is 0 Å². The fourth-order valence-electron chi connectivity index (χ4n) is 3.26. The molecule has 2 aromatic rings. The third-order valence-electron chi connectivity index (χ3n) is 4.04. The number of nitrogens with zero attached hydrogens (tertiary/aromatic N) is 2. The third-order valence-corrected chi connectivity index (χ3v) is 4.04. The number of hydrogen-bond donors (Lipinski definition) is 2. The highest BCUT2D eigenvalue weighted by molar-refractivity contribution is 6.02. The van der Waals surface area contributed by atoms with Crippen LogP contribution in [-0.4, -0.2) is 16.9 Å². The zero-order valence-corrected chi connectivity index (χ0v) is 12.6. The van der Waals surface area contributed by atoms with Crippen LogP contribution in [0.4, 0.5) is 11.4 Å². The molecular weight excluding hydrogens is 260 g/mol. The number of para-hydroxylation sites is 1. The van der Waals surface area contributed by atoms with Crippen LogP contribution in [0.3, 0.4) is 0 Å². The fraction of sp³-hybridized carbons (Fsp3) is 0.294. The largest absolute Gasteiger partial charge is 0.384 e. The summed E-state index contributed by atoms with van der Waals surface area (Å²) in [5.41, 5.74) is 11.9. The van der Waals surface area contributed by atoms with Gasteiger partial charge < -0.3 is 10.6 Å². The first kappa shape index (κ1) is 13.6. The number of nitrogens with one attached hydrogen (secondary N) is 1. The maximum atomic E-state index is 7.91. The molecule has 1 aliphatic rings. The number of fused-ring (bicyclic) bond motifs is 1. The van der Waals surface area contributed by atoms with Gasteiger partial charge in [-0.05, 0) is 44.9 Å². The van der Waals surface area contributed by atoms with Crippen molar-refractivity contribution < 1.29 is 0 Å². The Hall–Kier alpha value is -2.36. The Bertz CT molecular complexity index is 721. The molecular formula is C17H20N4. The Morgan fingerprint density at radius 1 is 1.29 bits per heavy atom. The predicted molar refractivity (Wildman–Crippen MR) is 86.5 cm³/mol. The summed E-state index contributed by atoms with van der Waals surface area (Å²) in [7, 11) is 0. The normalized spacial score (nSPS) is 16.9. The molecule has 0 fully saturated rings. The van der Waals surface area contributed by atoms with Crippen LogP contribution in [0, 0.1) is 19.3 Å². The lowest BCUT2D eigenvalue weighted by molar-refractivity contribution is 0.757. The number of pyridine rings is 1. The molecule has 4 heteroatoms. The summed E-state index contributed by atoms with van der Waals surface area (Å²) >= 11 is 0. The number of nitrogen functional groups attached to an aromatic ring is 1. The van der Waals surface area contributed by atoms with Crippen molar-refractivity contribution in [3.05, 3.63) is 52.8 Å². The van der Waals surface area contributed by atoms with E-state index in [0.29, 0.717) is 6.04 Å². The standard InChI is InChI=1S/C17H20N4/c1-10-8-15(16(17(18)19)12(3)20-10)21-11(2)9-13-6-4-5-7-14(13)21/h4-8,11H,9H2,1-3H3,(H3,18,19). The molecule has 0 amide bonds. The fourth-order valence-corrected chi connectivity index (χ4v) is 3.26. The summed E-state index contributed by atoms with van der Waals surface area (Å²) in [6, 6.07) is 10.8. The molecule has 0 spiro atoms. The van der Waals surface area contributed by atoms with Crippen molar-refractivity contribution in [1.29, 1.82) is 5.41 Å². The second-order valence-corrected chi connectivity index (χ2v) is 5.71. The maximum absolute atomic E-state index is 7.91. The molecule has 108 valence electrons. The van der Waals surface area contributed by atoms with E-state index in [1.807, 2.05) is 19.9 Å². The van der Waals surface area contributed by atoms with E-state index in [1.165, 1.54) is 11.3 Å². The van der Waals surface area contributed by atoms with Crippen LogP contribution in [-0.2, 0) is 6.42 Å². The van der Waals surface area contributed by atoms with E-state index >= 15 is 0 Å². The zero-order chi connectivity index (χ0) is 15.1. The minimum Gasteiger partial charge on any atom is -0.384 e. The van der Waals surface area contributed by atoms with Gasteiger partial charge in [0.15, 0.2) is 0 Å². The van der Waals surface area contributed by atoms with Gasteiger partial charge in [0.05, 0.1) is 16.9 Å². The number of aryl methyl sites for hydroxylation is 2. The van der Waals surface area contributed by atoms with Crippen molar-refractivity contribution >= 4 is 17.2 Å². The van der Waals surface area contributed by atoms with Crippen LogP contribution in [0.5, 0.6) is 0 Å². The average Bonchev–Trinajstić information content (AvgIpc) is 2.72. The number of amidine groups is 1. The number of nitrogens with two attached hydrogens (primary N) is 1. The Morgan fingerprint density at radius 3 is 2.71 bits per heavy atom. The van der Waals surface area contributed by atoms with Gasteiger partial charge in [-0.2, -0.15) is 0 Å². The minimum atomic E-state index is 0.0755. The van der Waals surface area contributed by atoms with Crippen LogP contribution >= 0.6 is 0 Å². The molecule has 0 bridgehead atoms. The van der Waals surface area contributed by atoms with Gasteiger partial charge in [-0.1, -0.05) is 18.2 Å². The zero-order valence-electron chi connectivity index (χ0n) is 12.6. The molecule has 21 heavy (non-hydrogen) atoms. The maximum Gasteiger partial charge on any atom is 0.126 e. The highest BCUT2D eigenvalue weighted by Crippen LogP contribution is 2.40. The van der Waals surface area contributed by atoms with Crippen LogP contribution in [0.15, 0.2) is 30.3 Å². The van der Waals surface area contributed by atoms with Gasteiger partial charge in [0.1, 0.15) is 5.84 Å². The van der Waals surface area contributed by atoms with Gasteiger partial charge in [0, 0.05) is 17.4 Å². The topological polar surface area (TPSA) is 66.0 Å². The molecule has 0 radical (unpaired) electrons. The van der Waals surface area contributed by atoms with Gasteiger partial charge in [-0.15, -0.1) is 0 Å². The Labute approximate surface area is 125 Å². The molecule has 3 N–H and O–H groups in total. The van der Waals surface area contributed by atoms with Gasteiger partial charge in [-0.25, -0.2) is 0 Å². The van der Waals surface area contributed by atoms with E-state index < -0.39 is 0 Å². The van der Waals surface area contributed by atoms with Crippen molar-refractivity contribution in [3.63, 3.8) is 0 Å². The summed E-state index contributed by atoms with van der Waals surface area (Å²) < 4.78 is 0. The monoisotopic (exact) mass is 280 g/mol. The van der Waals surface area contributed by atoms with Crippen molar-refractivity contribution in [2.24, 2.45) is 5.73 Å². The molecule has 0 saturated carbocycles. The Morgan fingerprint density at radius 2 is 2.00 bits per heavy atom. The molecule has 1 aliphatic heterocycles. The van der Waals surface area contributed by atoms with E-state index in [-0.39, 0.29) is 5.84 Å². The smallest absolute Gasteiger partial charge is 0.126 e. The molecule has 0 saturated heterocycles. The summed E-state index contributed by atoms with van der Waals surface area (Å²) in [6.45, 7) is 6.10. The van der Waals surface area contributed by atoms with Crippen LogP contribution in [0.1, 0.15) is 29.4 Å². The average molecular weight is 280 g/mol. The molecule has 0 aliphatic carbocycles. The summed E-state index contributed by atoms with van der Waals surface area (Å²) in [5, 5.41) is 7.91. The first-order valence-electron chi connectivity index (χ1n) is 7.19. The van der Waals surface area contributed by atoms with Gasteiger partial charge in [0.2, 0.25) is 0 Å². The van der Waals surface area contributed by atoms with E-state index in [0.717, 1.165) is 29.1 Å². The number of anilines is 2. The second kappa shape index (κ2) is 4.88. The molecule has 2 heterocycles. The quantitative estimate of drug-likeness (QED) is 0.656. The summed E-state index contributed by atoms with van der Waals surface area (Å²) in [6.07, 6.45) is 1.01. The molecule has 1 aromatic carbocycles. The predicted octanol–water partition coefficient (Wildman–Crippen LogP) is 3.07. The third kappa shape index (κ3) is 2.17. The van der Waals surface area contributed by atoms with Crippen molar-refractivity contribution in [1.82, 2.24) is 4.98 Å². The summed E-state index contributed by atoms with van der Waals surface area (Å²) in [5.74, 6) is 0.0755.